The molecule has 0 aromatic carbocycles. The predicted octanol–water partition coefficient (Wildman–Crippen LogP) is 2.03. The molecule has 116 valence electrons. The summed E-state index contributed by atoms with van der Waals surface area (Å²) in [4.78, 5) is 18.2. The SMILES string of the molecule is CC[C@@H](O)c1cc2n(n1)CCN(C(=O)c1ccncc1Cl)C2. The van der Waals surface area contributed by atoms with Crippen LogP contribution in [0.3, 0.4) is 0 Å². The number of carbonyl (C=O) groups excluding carboxylic acids is 1. The minimum absolute atomic E-state index is 0.113. The van der Waals surface area contributed by atoms with E-state index in [1.807, 2.05) is 17.7 Å². The molecule has 1 amide bonds. The molecule has 3 rings (SSSR count). The quantitative estimate of drug-likeness (QED) is 0.939. The van der Waals surface area contributed by atoms with E-state index in [4.69, 9.17) is 11.6 Å². The molecule has 1 aliphatic rings. The van der Waals surface area contributed by atoms with Gasteiger partial charge in [-0.05, 0) is 18.6 Å². The van der Waals surface area contributed by atoms with E-state index in [0.29, 0.717) is 42.3 Å². The number of hydrogen-bond donors (Lipinski definition) is 1. The molecule has 7 heteroatoms. The summed E-state index contributed by atoms with van der Waals surface area (Å²) < 4.78 is 1.85. The largest absolute Gasteiger partial charge is 0.387 e. The Morgan fingerprint density at radius 3 is 3.05 bits per heavy atom. The summed E-state index contributed by atoms with van der Waals surface area (Å²) in [5.41, 5.74) is 2.04. The Hall–Kier alpha value is -1.92. The van der Waals surface area contributed by atoms with Crippen molar-refractivity contribution >= 4 is 17.5 Å². The van der Waals surface area contributed by atoms with E-state index in [1.165, 1.54) is 6.20 Å². The summed E-state index contributed by atoms with van der Waals surface area (Å²) in [6, 6.07) is 3.49. The molecule has 3 heterocycles. The van der Waals surface area contributed by atoms with E-state index in [9.17, 15) is 9.90 Å². The van der Waals surface area contributed by atoms with Crippen LogP contribution in [0.4, 0.5) is 0 Å². The summed E-state index contributed by atoms with van der Waals surface area (Å²) in [6.07, 6.45) is 3.09. The van der Waals surface area contributed by atoms with Gasteiger partial charge in [0.2, 0.25) is 0 Å². The molecule has 0 fully saturated rings. The number of pyridine rings is 1. The molecule has 0 aliphatic carbocycles. The van der Waals surface area contributed by atoms with E-state index < -0.39 is 6.10 Å². The van der Waals surface area contributed by atoms with E-state index in [1.54, 1.807) is 17.2 Å². The number of rotatable bonds is 3. The van der Waals surface area contributed by atoms with Gasteiger partial charge < -0.3 is 10.0 Å². The number of fused-ring (bicyclic) bond motifs is 1. The van der Waals surface area contributed by atoms with Crippen LogP contribution in [-0.2, 0) is 13.1 Å². The van der Waals surface area contributed by atoms with Gasteiger partial charge in [0.1, 0.15) is 0 Å². The van der Waals surface area contributed by atoms with Crippen molar-refractivity contribution in [2.45, 2.75) is 32.5 Å². The zero-order chi connectivity index (χ0) is 15.7. The van der Waals surface area contributed by atoms with Crippen molar-refractivity contribution in [1.82, 2.24) is 19.7 Å². The monoisotopic (exact) mass is 320 g/mol. The molecule has 1 atom stereocenters. The standard InChI is InChI=1S/C15H17ClN4O2/c1-2-14(21)13-7-10-9-19(5-6-20(10)18-13)15(22)11-3-4-17-8-12(11)16/h3-4,7-8,14,21H,2,5-6,9H2,1H3/t14-/m1/s1. The van der Waals surface area contributed by atoms with Gasteiger partial charge in [-0.2, -0.15) is 5.10 Å². The first-order valence-electron chi connectivity index (χ1n) is 7.23. The lowest BCUT2D eigenvalue weighted by Gasteiger charge is -2.27. The third-order valence-electron chi connectivity index (χ3n) is 3.83. The fourth-order valence-electron chi connectivity index (χ4n) is 2.55. The number of nitrogens with zero attached hydrogens (tertiary/aromatic N) is 4. The molecule has 0 spiro atoms. The van der Waals surface area contributed by atoms with Gasteiger partial charge >= 0.3 is 0 Å². The number of carbonyl (C=O) groups is 1. The lowest BCUT2D eigenvalue weighted by atomic mass is 10.1. The third kappa shape index (κ3) is 2.71. The molecule has 0 unspecified atom stereocenters. The smallest absolute Gasteiger partial charge is 0.255 e. The zero-order valence-electron chi connectivity index (χ0n) is 12.2. The maximum Gasteiger partial charge on any atom is 0.255 e. The van der Waals surface area contributed by atoms with Gasteiger partial charge in [-0.1, -0.05) is 18.5 Å². The Kier molecular flexibility index (Phi) is 4.13. The molecule has 0 radical (unpaired) electrons. The van der Waals surface area contributed by atoms with Crippen molar-refractivity contribution in [3.8, 4) is 0 Å². The zero-order valence-corrected chi connectivity index (χ0v) is 13.0. The highest BCUT2D eigenvalue weighted by Crippen LogP contribution is 2.22. The molecule has 1 aliphatic heterocycles. The molecule has 1 N–H and O–H groups in total. The molecule has 6 nitrogen and oxygen atoms in total. The van der Waals surface area contributed by atoms with Crippen LogP contribution in [0.15, 0.2) is 24.5 Å². The Morgan fingerprint density at radius 2 is 2.32 bits per heavy atom. The van der Waals surface area contributed by atoms with Crippen molar-refractivity contribution < 1.29 is 9.90 Å². The number of aliphatic hydroxyl groups excluding tert-OH is 1. The normalized spacial score (nSPS) is 15.5. The highest BCUT2D eigenvalue weighted by Gasteiger charge is 2.25. The summed E-state index contributed by atoms with van der Waals surface area (Å²) in [7, 11) is 0. The second kappa shape index (κ2) is 6.06. The van der Waals surface area contributed by atoms with Crippen molar-refractivity contribution in [2.24, 2.45) is 0 Å². The topological polar surface area (TPSA) is 71.2 Å². The molecule has 0 saturated carbocycles. The number of amides is 1. The fourth-order valence-corrected chi connectivity index (χ4v) is 2.75. The molecular formula is C15H17ClN4O2. The van der Waals surface area contributed by atoms with Gasteiger partial charge in [-0.3, -0.25) is 14.5 Å². The van der Waals surface area contributed by atoms with Crippen LogP contribution in [0.1, 0.15) is 41.2 Å². The number of halogens is 1. The van der Waals surface area contributed by atoms with Crippen LogP contribution in [-0.4, -0.2) is 37.2 Å². The second-order valence-corrected chi connectivity index (χ2v) is 5.70. The molecule has 2 aromatic rings. The first-order chi connectivity index (χ1) is 10.6. The van der Waals surface area contributed by atoms with Gasteiger partial charge in [-0.25, -0.2) is 0 Å². The number of aliphatic hydroxyl groups is 1. The Labute approximate surface area is 133 Å². The molecular weight excluding hydrogens is 304 g/mol. The van der Waals surface area contributed by atoms with E-state index in [2.05, 4.69) is 10.1 Å². The second-order valence-electron chi connectivity index (χ2n) is 5.29. The first kappa shape index (κ1) is 15.0. The highest BCUT2D eigenvalue weighted by molar-refractivity contribution is 6.33. The fraction of sp³-hybridized carbons (Fsp3) is 0.400. The van der Waals surface area contributed by atoms with Gasteiger partial charge in [0.05, 0.1) is 41.2 Å². The van der Waals surface area contributed by atoms with Crippen LogP contribution in [0.2, 0.25) is 5.02 Å². The van der Waals surface area contributed by atoms with Gasteiger partial charge in [0, 0.05) is 18.9 Å². The number of hydrogen-bond acceptors (Lipinski definition) is 4. The average molecular weight is 321 g/mol. The van der Waals surface area contributed by atoms with Crippen LogP contribution in [0.25, 0.3) is 0 Å². The molecule has 0 saturated heterocycles. The van der Waals surface area contributed by atoms with Crippen molar-refractivity contribution in [3.63, 3.8) is 0 Å². The lowest BCUT2D eigenvalue weighted by molar-refractivity contribution is 0.0705. The maximum absolute atomic E-state index is 12.6. The average Bonchev–Trinajstić information content (AvgIpc) is 2.97. The summed E-state index contributed by atoms with van der Waals surface area (Å²) >= 11 is 6.04. The van der Waals surface area contributed by atoms with Gasteiger partial charge in [0.15, 0.2) is 0 Å². The van der Waals surface area contributed by atoms with Crippen molar-refractivity contribution in [1.29, 1.82) is 0 Å². The van der Waals surface area contributed by atoms with Crippen molar-refractivity contribution in [3.05, 3.63) is 46.5 Å². The Bertz CT molecular complexity index is 701. The summed E-state index contributed by atoms with van der Waals surface area (Å²) in [5, 5.41) is 14.6. The molecule has 22 heavy (non-hydrogen) atoms. The van der Waals surface area contributed by atoms with E-state index in [0.717, 1.165) is 5.69 Å². The maximum atomic E-state index is 12.6. The Balaban J connectivity index is 1.81. The summed E-state index contributed by atoms with van der Waals surface area (Å²) in [6.45, 7) is 3.54. The van der Waals surface area contributed by atoms with Gasteiger partial charge in [0.25, 0.3) is 5.91 Å². The minimum Gasteiger partial charge on any atom is -0.387 e. The van der Waals surface area contributed by atoms with Crippen LogP contribution >= 0.6 is 11.6 Å². The highest BCUT2D eigenvalue weighted by atomic mass is 35.5. The first-order valence-corrected chi connectivity index (χ1v) is 7.61. The Morgan fingerprint density at radius 1 is 1.50 bits per heavy atom. The van der Waals surface area contributed by atoms with E-state index >= 15 is 0 Å². The lowest BCUT2D eigenvalue weighted by Crippen LogP contribution is -2.38. The number of aromatic nitrogens is 3. The third-order valence-corrected chi connectivity index (χ3v) is 4.14. The van der Waals surface area contributed by atoms with Crippen LogP contribution < -0.4 is 0 Å². The van der Waals surface area contributed by atoms with Gasteiger partial charge in [-0.15, -0.1) is 0 Å². The van der Waals surface area contributed by atoms with Crippen molar-refractivity contribution in [2.75, 3.05) is 6.54 Å². The molecule has 0 bridgehead atoms. The van der Waals surface area contributed by atoms with Crippen LogP contribution in [0.5, 0.6) is 0 Å². The summed E-state index contributed by atoms with van der Waals surface area (Å²) in [5.74, 6) is -0.113. The van der Waals surface area contributed by atoms with E-state index in [-0.39, 0.29) is 5.91 Å². The molecule has 2 aromatic heterocycles. The predicted molar refractivity (Wildman–Crippen MR) is 81.5 cm³/mol. The van der Waals surface area contributed by atoms with Crippen LogP contribution in [0, 0.1) is 0 Å². The minimum atomic E-state index is -0.558.